The summed E-state index contributed by atoms with van der Waals surface area (Å²) in [6.45, 7) is 3.72. The third kappa shape index (κ3) is 6.15. The van der Waals surface area contributed by atoms with Gasteiger partial charge in [0.15, 0.2) is 0 Å². The van der Waals surface area contributed by atoms with Gasteiger partial charge in [0, 0.05) is 26.6 Å². The average molecular weight is 291 g/mol. The highest BCUT2D eigenvalue weighted by atomic mass is 16.5. The van der Waals surface area contributed by atoms with E-state index in [-0.39, 0.29) is 12.0 Å². The van der Waals surface area contributed by atoms with Gasteiger partial charge in [-0.25, -0.2) is 0 Å². The van der Waals surface area contributed by atoms with Crippen molar-refractivity contribution in [2.75, 3.05) is 60.3 Å². The van der Waals surface area contributed by atoms with Gasteiger partial charge in [0.2, 0.25) is 0 Å². The van der Waals surface area contributed by atoms with Crippen molar-refractivity contribution in [1.29, 1.82) is 0 Å². The molecule has 1 heterocycles. The lowest BCUT2D eigenvalue weighted by Crippen LogP contribution is -2.39. The second-order valence-electron chi connectivity index (χ2n) is 4.64. The molecular formula is C13H25NO6. The fourth-order valence-corrected chi connectivity index (χ4v) is 2.15. The molecule has 1 fully saturated rings. The van der Waals surface area contributed by atoms with E-state index < -0.39 is 6.10 Å². The first-order valence-corrected chi connectivity index (χ1v) is 6.83. The first-order valence-electron chi connectivity index (χ1n) is 6.83. The van der Waals surface area contributed by atoms with Crippen LogP contribution in [0.4, 0.5) is 0 Å². The van der Waals surface area contributed by atoms with E-state index in [1.807, 2.05) is 4.90 Å². The van der Waals surface area contributed by atoms with Crippen molar-refractivity contribution in [2.45, 2.75) is 18.6 Å². The lowest BCUT2D eigenvalue weighted by atomic mass is 10.2. The van der Waals surface area contributed by atoms with Crippen molar-refractivity contribution in [3.8, 4) is 0 Å². The van der Waals surface area contributed by atoms with Gasteiger partial charge in [-0.15, -0.1) is 0 Å². The minimum absolute atomic E-state index is 0.301. The molecule has 0 aliphatic carbocycles. The summed E-state index contributed by atoms with van der Waals surface area (Å²) < 4.78 is 20.3. The Morgan fingerprint density at radius 1 is 1.15 bits per heavy atom. The van der Waals surface area contributed by atoms with Gasteiger partial charge in [0.1, 0.15) is 6.04 Å². The molecule has 7 nitrogen and oxygen atoms in total. The summed E-state index contributed by atoms with van der Waals surface area (Å²) in [5, 5.41) is 9.62. The molecule has 0 saturated carbocycles. The molecule has 1 saturated heterocycles. The molecule has 118 valence electrons. The number of rotatable bonds is 10. The number of carbonyl (C=O) groups excluding carboxylic acids is 1. The smallest absolute Gasteiger partial charge is 0.323 e. The summed E-state index contributed by atoms with van der Waals surface area (Å²) in [6.07, 6.45) is -0.0521. The van der Waals surface area contributed by atoms with E-state index in [4.69, 9.17) is 18.9 Å². The normalized spacial score (nSPS) is 23.1. The monoisotopic (exact) mass is 291 g/mol. The zero-order valence-electron chi connectivity index (χ0n) is 12.2. The fraction of sp³-hybridized carbons (Fsp3) is 0.923. The minimum Gasteiger partial charge on any atom is -0.468 e. The Kier molecular flexibility index (Phi) is 8.72. The number of aliphatic hydroxyl groups excluding tert-OH is 1. The highest BCUT2D eigenvalue weighted by molar-refractivity contribution is 5.76. The molecule has 7 heteroatoms. The quantitative estimate of drug-likeness (QED) is 0.420. The van der Waals surface area contributed by atoms with Gasteiger partial charge >= 0.3 is 5.97 Å². The van der Waals surface area contributed by atoms with Gasteiger partial charge in [-0.05, 0) is 0 Å². The predicted molar refractivity (Wildman–Crippen MR) is 71.5 cm³/mol. The van der Waals surface area contributed by atoms with Crippen molar-refractivity contribution in [3.05, 3.63) is 0 Å². The van der Waals surface area contributed by atoms with Gasteiger partial charge in [-0.3, -0.25) is 9.69 Å². The van der Waals surface area contributed by atoms with Crippen LogP contribution < -0.4 is 0 Å². The Hall–Kier alpha value is -0.730. The Bertz CT molecular complexity index is 276. The Morgan fingerprint density at radius 3 is 2.45 bits per heavy atom. The molecule has 20 heavy (non-hydrogen) atoms. The lowest BCUT2D eigenvalue weighted by Gasteiger charge is -2.21. The number of likely N-dealkylation sites (tertiary alicyclic amines) is 1. The van der Waals surface area contributed by atoms with Gasteiger partial charge in [-0.1, -0.05) is 0 Å². The minimum atomic E-state index is -0.475. The molecule has 0 aromatic carbocycles. The molecule has 1 aliphatic heterocycles. The van der Waals surface area contributed by atoms with Gasteiger partial charge in [0.05, 0.1) is 46.2 Å². The number of nitrogens with zero attached hydrogens (tertiary/aromatic N) is 1. The standard InChI is InChI=1S/C13H25NO6/c1-17-5-6-20-8-7-19-4-3-14-10-11(15)9-12(14)13(16)18-2/h11-12,15H,3-10H2,1-2H3. The average Bonchev–Trinajstić information content (AvgIpc) is 2.82. The van der Waals surface area contributed by atoms with E-state index in [0.717, 1.165) is 0 Å². The maximum absolute atomic E-state index is 11.6. The number of esters is 1. The number of aliphatic hydroxyl groups is 1. The highest BCUT2D eigenvalue weighted by Crippen LogP contribution is 2.18. The Balaban J connectivity index is 2.09. The molecule has 1 rings (SSSR count). The molecule has 2 unspecified atom stereocenters. The molecule has 1 aliphatic rings. The Morgan fingerprint density at radius 2 is 1.80 bits per heavy atom. The topological polar surface area (TPSA) is 77.5 Å². The molecular weight excluding hydrogens is 266 g/mol. The summed E-state index contributed by atoms with van der Waals surface area (Å²) in [4.78, 5) is 13.4. The molecule has 1 N–H and O–H groups in total. The second kappa shape index (κ2) is 10.1. The van der Waals surface area contributed by atoms with Crippen molar-refractivity contribution >= 4 is 5.97 Å². The van der Waals surface area contributed by atoms with E-state index in [0.29, 0.717) is 52.5 Å². The molecule has 2 atom stereocenters. The van der Waals surface area contributed by atoms with Crippen LogP contribution in [0.15, 0.2) is 0 Å². The van der Waals surface area contributed by atoms with Crippen molar-refractivity contribution in [2.24, 2.45) is 0 Å². The summed E-state index contributed by atoms with van der Waals surface area (Å²) in [5.41, 5.74) is 0. The van der Waals surface area contributed by atoms with Crippen LogP contribution in [0.2, 0.25) is 0 Å². The van der Waals surface area contributed by atoms with E-state index in [1.165, 1.54) is 7.11 Å². The largest absolute Gasteiger partial charge is 0.468 e. The molecule has 0 amide bonds. The van der Waals surface area contributed by atoms with E-state index in [9.17, 15) is 9.90 Å². The van der Waals surface area contributed by atoms with Crippen LogP contribution in [-0.2, 0) is 23.7 Å². The van der Waals surface area contributed by atoms with Crippen LogP contribution in [0.3, 0.4) is 0 Å². The van der Waals surface area contributed by atoms with Gasteiger partial charge in [-0.2, -0.15) is 0 Å². The molecule has 0 aromatic rings. The van der Waals surface area contributed by atoms with Crippen LogP contribution in [0.5, 0.6) is 0 Å². The van der Waals surface area contributed by atoms with Crippen LogP contribution >= 0.6 is 0 Å². The van der Waals surface area contributed by atoms with Crippen LogP contribution in [0, 0.1) is 0 Å². The number of ether oxygens (including phenoxy) is 4. The van der Waals surface area contributed by atoms with E-state index >= 15 is 0 Å². The molecule has 0 aromatic heterocycles. The summed E-state index contributed by atoms with van der Waals surface area (Å²) >= 11 is 0. The molecule has 0 spiro atoms. The zero-order chi connectivity index (χ0) is 14.8. The number of β-amino-alcohol motifs (C(OH)–C–C–N with tert-alkyl or cyclic N) is 1. The van der Waals surface area contributed by atoms with Crippen molar-refractivity contribution < 1.29 is 28.8 Å². The first-order chi connectivity index (χ1) is 9.69. The molecule has 0 bridgehead atoms. The number of hydrogen-bond donors (Lipinski definition) is 1. The van der Waals surface area contributed by atoms with E-state index in [2.05, 4.69) is 0 Å². The van der Waals surface area contributed by atoms with Gasteiger partial charge < -0.3 is 24.1 Å². The predicted octanol–water partition coefficient (Wildman–Crippen LogP) is -0.726. The summed E-state index contributed by atoms with van der Waals surface area (Å²) in [6, 6.07) is -0.364. The number of carbonyl (C=O) groups is 1. The maximum atomic E-state index is 11.6. The van der Waals surface area contributed by atoms with Crippen molar-refractivity contribution in [1.82, 2.24) is 4.90 Å². The van der Waals surface area contributed by atoms with Crippen LogP contribution in [-0.4, -0.2) is 88.5 Å². The highest BCUT2D eigenvalue weighted by Gasteiger charge is 2.36. The molecule has 0 radical (unpaired) electrons. The van der Waals surface area contributed by atoms with Crippen molar-refractivity contribution in [3.63, 3.8) is 0 Å². The van der Waals surface area contributed by atoms with E-state index in [1.54, 1.807) is 7.11 Å². The third-order valence-electron chi connectivity index (χ3n) is 3.18. The summed E-state index contributed by atoms with van der Waals surface area (Å²) in [7, 11) is 2.99. The lowest BCUT2D eigenvalue weighted by molar-refractivity contribution is -0.146. The maximum Gasteiger partial charge on any atom is 0.323 e. The number of methoxy groups -OCH3 is 2. The number of hydrogen-bond acceptors (Lipinski definition) is 7. The fourth-order valence-electron chi connectivity index (χ4n) is 2.15. The third-order valence-corrected chi connectivity index (χ3v) is 3.18. The van der Waals surface area contributed by atoms with Crippen LogP contribution in [0.25, 0.3) is 0 Å². The zero-order valence-corrected chi connectivity index (χ0v) is 12.2. The summed E-state index contributed by atoms with van der Waals surface area (Å²) in [5.74, 6) is -0.301. The second-order valence-corrected chi connectivity index (χ2v) is 4.64. The van der Waals surface area contributed by atoms with Gasteiger partial charge in [0.25, 0.3) is 0 Å². The first kappa shape index (κ1) is 17.3. The SMILES string of the molecule is COCCOCCOCCN1CC(O)CC1C(=O)OC. The van der Waals surface area contributed by atoms with Crippen LogP contribution in [0.1, 0.15) is 6.42 Å². The Labute approximate surface area is 119 Å².